The van der Waals surface area contributed by atoms with E-state index < -0.39 is 0 Å². The van der Waals surface area contributed by atoms with E-state index in [9.17, 15) is 0 Å². The van der Waals surface area contributed by atoms with Crippen LogP contribution < -0.4 is 10.1 Å². The molecule has 2 rings (SSSR count). The number of nitrogens with zero attached hydrogens (tertiary/aromatic N) is 1. The van der Waals surface area contributed by atoms with Gasteiger partial charge in [0.2, 0.25) is 0 Å². The van der Waals surface area contributed by atoms with Crippen molar-refractivity contribution in [1.82, 2.24) is 4.98 Å². The first kappa shape index (κ1) is 16.0. The zero-order chi connectivity index (χ0) is 15.4. The predicted molar refractivity (Wildman–Crippen MR) is 89.8 cm³/mol. The van der Waals surface area contributed by atoms with Crippen LogP contribution >= 0.6 is 11.3 Å². The Kier molecular flexibility index (Phi) is 5.42. The molecule has 0 unspecified atom stereocenters. The maximum absolute atomic E-state index is 5.93. The Morgan fingerprint density at radius 1 is 1.33 bits per heavy atom. The number of thiazole rings is 1. The Morgan fingerprint density at radius 3 is 2.76 bits per heavy atom. The first-order valence-electron chi connectivity index (χ1n) is 7.29. The second kappa shape index (κ2) is 7.09. The summed E-state index contributed by atoms with van der Waals surface area (Å²) in [5, 5.41) is 4.24. The van der Waals surface area contributed by atoms with Crippen molar-refractivity contribution in [2.75, 3.05) is 32.2 Å². The van der Waals surface area contributed by atoms with Gasteiger partial charge in [-0.25, -0.2) is 4.98 Å². The number of rotatable bonds is 7. The Bertz CT molecular complexity index is 608. The van der Waals surface area contributed by atoms with E-state index in [0.29, 0.717) is 12.5 Å². The lowest BCUT2D eigenvalue weighted by molar-refractivity contribution is 0.211. The number of fused-ring (bicyclic) bond motifs is 1. The molecule has 1 aromatic heterocycles. The van der Waals surface area contributed by atoms with Crippen molar-refractivity contribution < 1.29 is 9.47 Å². The molecule has 4 nitrogen and oxygen atoms in total. The quantitative estimate of drug-likeness (QED) is 0.785. The summed E-state index contributed by atoms with van der Waals surface area (Å²) in [6.07, 6.45) is 0. The van der Waals surface area contributed by atoms with Crippen molar-refractivity contribution in [3.63, 3.8) is 0 Å². The predicted octanol–water partition coefficient (Wildman–Crippen LogP) is 4.01. The van der Waals surface area contributed by atoms with Crippen LogP contribution in [0.4, 0.5) is 5.13 Å². The fourth-order valence-corrected chi connectivity index (χ4v) is 3.13. The average molecular weight is 308 g/mol. The zero-order valence-electron chi connectivity index (χ0n) is 13.4. The van der Waals surface area contributed by atoms with E-state index in [4.69, 9.17) is 9.47 Å². The van der Waals surface area contributed by atoms with E-state index in [1.54, 1.807) is 18.4 Å². The maximum atomic E-state index is 5.93. The molecule has 0 aliphatic carbocycles. The maximum Gasteiger partial charge on any atom is 0.183 e. The fraction of sp³-hybridized carbons (Fsp3) is 0.562. The number of benzene rings is 1. The van der Waals surface area contributed by atoms with Crippen molar-refractivity contribution in [3.05, 3.63) is 17.2 Å². The molecular weight excluding hydrogens is 284 g/mol. The normalized spacial score (nSPS) is 11.3. The van der Waals surface area contributed by atoms with Gasteiger partial charge in [-0.3, -0.25) is 0 Å². The zero-order valence-corrected chi connectivity index (χ0v) is 14.3. The minimum Gasteiger partial charge on any atom is -0.493 e. The van der Waals surface area contributed by atoms with Gasteiger partial charge in [0.05, 0.1) is 23.4 Å². The third-order valence-electron chi connectivity index (χ3n) is 3.21. The van der Waals surface area contributed by atoms with Crippen LogP contribution in [0.15, 0.2) is 6.07 Å². The summed E-state index contributed by atoms with van der Waals surface area (Å²) in [5.74, 6) is 1.49. The van der Waals surface area contributed by atoms with Gasteiger partial charge in [-0.05, 0) is 31.4 Å². The Morgan fingerprint density at radius 2 is 2.10 bits per heavy atom. The summed E-state index contributed by atoms with van der Waals surface area (Å²) < 4.78 is 12.2. The summed E-state index contributed by atoms with van der Waals surface area (Å²) in [4.78, 5) is 4.68. The van der Waals surface area contributed by atoms with Crippen molar-refractivity contribution in [2.24, 2.45) is 5.92 Å². The van der Waals surface area contributed by atoms with Crippen LogP contribution in [0.3, 0.4) is 0 Å². The van der Waals surface area contributed by atoms with Crippen LogP contribution in [-0.2, 0) is 4.74 Å². The number of ether oxygens (including phenoxy) is 2. The third-order valence-corrected chi connectivity index (χ3v) is 4.35. The molecule has 0 aliphatic rings. The molecule has 0 saturated heterocycles. The van der Waals surface area contributed by atoms with Crippen LogP contribution in [0.25, 0.3) is 10.2 Å². The molecule has 21 heavy (non-hydrogen) atoms. The average Bonchev–Trinajstić information content (AvgIpc) is 2.86. The van der Waals surface area contributed by atoms with Crippen molar-refractivity contribution in [2.45, 2.75) is 27.7 Å². The number of methoxy groups -OCH3 is 1. The Hall–Kier alpha value is -1.33. The van der Waals surface area contributed by atoms with E-state index in [2.05, 4.69) is 44.1 Å². The van der Waals surface area contributed by atoms with Crippen LogP contribution in [0.5, 0.6) is 5.75 Å². The van der Waals surface area contributed by atoms with E-state index in [-0.39, 0.29) is 0 Å². The lowest BCUT2D eigenvalue weighted by Crippen LogP contribution is -2.06. The molecule has 1 N–H and O–H groups in total. The largest absolute Gasteiger partial charge is 0.493 e. The minimum atomic E-state index is 0.521. The molecule has 0 spiro atoms. The van der Waals surface area contributed by atoms with Crippen molar-refractivity contribution in [1.29, 1.82) is 0 Å². The molecule has 0 aliphatic heterocycles. The van der Waals surface area contributed by atoms with Gasteiger partial charge in [0.15, 0.2) is 5.13 Å². The Balaban J connectivity index is 2.28. The number of anilines is 1. The summed E-state index contributed by atoms with van der Waals surface area (Å²) >= 11 is 1.68. The molecule has 2 aromatic rings. The fourth-order valence-electron chi connectivity index (χ4n) is 2.07. The molecule has 1 aromatic carbocycles. The molecule has 0 amide bonds. The van der Waals surface area contributed by atoms with E-state index in [1.807, 2.05) is 0 Å². The van der Waals surface area contributed by atoms with Crippen LogP contribution in [0.1, 0.15) is 25.0 Å². The molecule has 0 saturated carbocycles. The molecule has 0 radical (unpaired) electrons. The molecule has 0 atom stereocenters. The van der Waals surface area contributed by atoms with Gasteiger partial charge in [0.25, 0.3) is 0 Å². The molecule has 116 valence electrons. The summed E-state index contributed by atoms with van der Waals surface area (Å²) in [6, 6.07) is 2.10. The van der Waals surface area contributed by atoms with Gasteiger partial charge >= 0.3 is 0 Å². The van der Waals surface area contributed by atoms with Crippen LogP contribution in [0.2, 0.25) is 0 Å². The molecular formula is C16H24N2O2S. The number of hydrogen-bond donors (Lipinski definition) is 1. The number of hydrogen-bond acceptors (Lipinski definition) is 5. The standard InChI is InChI=1S/C16H24N2O2S/c1-10(2)9-20-13-8-11(3)14-15(12(13)4)21-16(18-14)17-6-7-19-5/h8,10H,6-7,9H2,1-5H3,(H,17,18). The van der Waals surface area contributed by atoms with Crippen molar-refractivity contribution >= 4 is 26.7 Å². The van der Waals surface area contributed by atoms with Gasteiger partial charge in [-0.15, -0.1) is 0 Å². The highest BCUT2D eigenvalue weighted by Crippen LogP contribution is 2.36. The van der Waals surface area contributed by atoms with Gasteiger partial charge in [-0.1, -0.05) is 25.2 Å². The first-order valence-corrected chi connectivity index (χ1v) is 8.11. The molecule has 0 fully saturated rings. The van der Waals surface area contributed by atoms with Crippen molar-refractivity contribution in [3.8, 4) is 5.75 Å². The third kappa shape index (κ3) is 3.86. The van der Waals surface area contributed by atoms with Crippen LogP contribution in [-0.4, -0.2) is 31.9 Å². The first-order chi connectivity index (χ1) is 10.0. The monoisotopic (exact) mass is 308 g/mol. The summed E-state index contributed by atoms with van der Waals surface area (Å²) in [6.45, 7) is 10.7. The minimum absolute atomic E-state index is 0.521. The highest BCUT2D eigenvalue weighted by Gasteiger charge is 2.13. The van der Waals surface area contributed by atoms with Crippen LogP contribution in [0, 0.1) is 19.8 Å². The lowest BCUT2D eigenvalue weighted by Gasteiger charge is -2.12. The summed E-state index contributed by atoms with van der Waals surface area (Å²) in [7, 11) is 1.70. The van der Waals surface area contributed by atoms with E-state index >= 15 is 0 Å². The second-order valence-electron chi connectivity index (χ2n) is 5.64. The molecule has 5 heteroatoms. The van der Waals surface area contributed by atoms with Gasteiger partial charge < -0.3 is 14.8 Å². The lowest BCUT2D eigenvalue weighted by atomic mass is 10.1. The highest BCUT2D eigenvalue weighted by molar-refractivity contribution is 7.22. The van der Waals surface area contributed by atoms with E-state index in [0.717, 1.165) is 35.1 Å². The number of nitrogens with one attached hydrogen (secondary N) is 1. The van der Waals surface area contributed by atoms with Gasteiger partial charge in [-0.2, -0.15) is 0 Å². The van der Waals surface area contributed by atoms with E-state index in [1.165, 1.54) is 10.3 Å². The molecule has 0 bridgehead atoms. The number of aryl methyl sites for hydroxylation is 2. The smallest absolute Gasteiger partial charge is 0.183 e. The number of aromatic nitrogens is 1. The molecule has 1 heterocycles. The van der Waals surface area contributed by atoms with Gasteiger partial charge in [0, 0.05) is 19.2 Å². The Labute approximate surface area is 130 Å². The van der Waals surface area contributed by atoms with Gasteiger partial charge in [0.1, 0.15) is 5.75 Å². The second-order valence-corrected chi connectivity index (χ2v) is 6.64. The SMILES string of the molecule is COCCNc1nc2c(C)cc(OCC(C)C)c(C)c2s1. The highest BCUT2D eigenvalue weighted by atomic mass is 32.1. The summed E-state index contributed by atoms with van der Waals surface area (Å²) in [5.41, 5.74) is 3.40. The topological polar surface area (TPSA) is 43.4 Å².